The number of aromatic nitrogens is 2. The molecule has 0 atom stereocenters. The molecular formula is C17H25N3. The molecule has 0 unspecified atom stereocenters. The Balaban J connectivity index is 1.94. The van der Waals surface area contributed by atoms with Gasteiger partial charge in [0.2, 0.25) is 5.95 Å². The number of para-hydroxylation sites is 1. The smallest absolute Gasteiger partial charge is 0.223 e. The van der Waals surface area contributed by atoms with E-state index in [9.17, 15) is 0 Å². The number of fused-ring (bicyclic) bond motifs is 1. The van der Waals surface area contributed by atoms with E-state index >= 15 is 0 Å². The highest BCUT2D eigenvalue weighted by Gasteiger charge is 2.17. The molecular weight excluding hydrogens is 246 g/mol. The third-order valence-corrected chi connectivity index (χ3v) is 3.67. The molecule has 108 valence electrons. The Bertz CT molecular complexity index is 549. The number of unbranched alkanes of at least 4 members (excludes halogenated alkanes) is 2. The van der Waals surface area contributed by atoms with Gasteiger partial charge < -0.3 is 5.32 Å². The molecule has 0 spiro atoms. The third-order valence-electron chi connectivity index (χ3n) is 3.67. The molecule has 2 aromatic rings. The van der Waals surface area contributed by atoms with Crippen molar-refractivity contribution in [2.24, 2.45) is 5.41 Å². The standard InChI is InChI=1S/C17H25N3/c1-4-5-8-11-17(2,3)13-19-16-18-12-14-9-6-7-10-15(14)20-16/h6-7,9-10,12H,4-5,8,11,13H2,1-3H3,(H,18,19,20). The van der Waals surface area contributed by atoms with Gasteiger partial charge in [-0.2, -0.15) is 0 Å². The molecule has 0 aliphatic heterocycles. The zero-order valence-corrected chi connectivity index (χ0v) is 12.8. The van der Waals surface area contributed by atoms with Gasteiger partial charge in [0.15, 0.2) is 0 Å². The van der Waals surface area contributed by atoms with E-state index in [1.807, 2.05) is 30.5 Å². The van der Waals surface area contributed by atoms with Crippen molar-refractivity contribution in [1.82, 2.24) is 9.97 Å². The van der Waals surface area contributed by atoms with Crippen LogP contribution >= 0.6 is 0 Å². The summed E-state index contributed by atoms with van der Waals surface area (Å²) in [5.74, 6) is 0.729. The minimum Gasteiger partial charge on any atom is -0.354 e. The Kier molecular flexibility index (Phi) is 4.94. The summed E-state index contributed by atoms with van der Waals surface area (Å²) < 4.78 is 0. The first kappa shape index (κ1) is 14.8. The van der Waals surface area contributed by atoms with Crippen LogP contribution in [0, 0.1) is 5.41 Å². The molecule has 0 aliphatic rings. The predicted molar refractivity (Wildman–Crippen MR) is 86.0 cm³/mol. The number of nitrogens with zero attached hydrogens (tertiary/aromatic N) is 2. The maximum Gasteiger partial charge on any atom is 0.223 e. The van der Waals surface area contributed by atoms with Crippen molar-refractivity contribution in [2.75, 3.05) is 11.9 Å². The SMILES string of the molecule is CCCCCC(C)(C)CNc1ncc2ccccc2n1. The lowest BCUT2D eigenvalue weighted by molar-refractivity contribution is 0.342. The topological polar surface area (TPSA) is 37.8 Å². The molecule has 0 saturated heterocycles. The van der Waals surface area contributed by atoms with E-state index in [0.29, 0.717) is 0 Å². The number of nitrogens with one attached hydrogen (secondary N) is 1. The van der Waals surface area contributed by atoms with Gasteiger partial charge in [-0.3, -0.25) is 0 Å². The Hall–Kier alpha value is -1.64. The Morgan fingerprint density at radius 3 is 2.75 bits per heavy atom. The lowest BCUT2D eigenvalue weighted by atomic mass is 9.87. The van der Waals surface area contributed by atoms with Gasteiger partial charge in [0, 0.05) is 18.1 Å². The average Bonchev–Trinajstić information content (AvgIpc) is 2.45. The normalized spacial score (nSPS) is 11.8. The highest BCUT2D eigenvalue weighted by Crippen LogP contribution is 2.24. The molecule has 0 amide bonds. The van der Waals surface area contributed by atoms with Crippen LogP contribution in [0.25, 0.3) is 10.9 Å². The van der Waals surface area contributed by atoms with Gasteiger partial charge in [-0.1, -0.05) is 58.2 Å². The number of anilines is 1. The van der Waals surface area contributed by atoms with Crippen LogP contribution in [0.2, 0.25) is 0 Å². The van der Waals surface area contributed by atoms with Crippen LogP contribution in [0.15, 0.2) is 30.5 Å². The summed E-state index contributed by atoms with van der Waals surface area (Å²) in [5, 5.41) is 4.47. The van der Waals surface area contributed by atoms with Gasteiger partial charge in [0.05, 0.1) is 5.52 Å². The molecule has 0 bridgehead atoms. The molecule has 0 saturated carbocycles. The fourth-order valence-corrected chi connectivity index (χ4v) is 2.32. The highest BCUT2D eigenvalue weighted by molar-refractivity contribution is 5.78. The quantitative estimate of drug-likeness (QED) is 0.745. The van der Waals surface area contributed by atoms with Crippen molar-refractivity contribution >= 4 is 16.9 Å². The van der Waals surface area contributed by atoms with Gasteiger partial charge in [-0.05, 0) is 17.9 Å². The summed E-state index contributed by atoms with van der Waals surface area (Å²) in [6, 6.07) is 8.08. The number of hydrogen-bond donors (Lipinski definition) is 1. The van der Waals surface area contributed by atoms with Gasteiger partial charge >= 0.3 is 0 Å². The summed E-state index contributed by atoms with van der Waals surface area (Å²) in [6.07, 6.45) is 7.01. The monoisotopic (exact) mass is 271 g/mol. The first-order chi connectivity index (χ1) is 9.61. The third kappa shape index (κ3) is 4.19. The van der Waals surface area contributed by atoms with E-state index in [2.05, 4.69) is 36.1 Å². The molecule has 1 heterocycles. The van der Waals surface area contributed by atoms with Crippen LogP contribution < -0.4 is 5.32 Å². The van der Waals surface area contributed by atoms with Crippen molar-refractivity contribution in [3.05, 3.63) is 30.5 Å². The Morgan fingerprint density at radius 1 is 1.15 bits per heavy atom. The van der Waals surface area contributed by atoms with Crippen LogP contribution in [-0.2, 0) is 0 Å². The van der Waals surface area contributed by atoms with E-state index in [4.69, 9.17) is 0 Å². The highest BCUT2D eigenvalue weighted by atomic mass is 15.1. The van der Waals surface area contributed by atoms with E-state index < -0.39 is 0 Å². The van der Waals surface area contributed by atoms with E-state index in [0.717, 1.165) is 23.4 Å². The molecule has 0 fully saturated rings. The van der Waals surface area contributed by atoms with E-state index in [1.165, 1.54) is 25.7 Å². The van der Waals surface area contributed by atoms with Gasteiger partial charge in [0.25, 0.3) is 0 Å². The van der Waals surface area contributed by atoms with Crippen LogP contribution in [0.4, 0.5) is 5.95 Å². The minimum absolute atomic E-state index is 0.282. The molecule has 1 aromatic heterocycles. The lowest BCUT2D eigenvalue weighted by Gasteiger charge is -2.24. The Morgan fingerprint density at radius 2 is 1.95 bits per heavy atom. The number of benzene rings is 1. The Labute approximate surface area is 121 Å². The minimum atomic E-state index is 0.282. The average molecular weight is 271 g/mol. The maximum atomic E-state index is 4.55. The lowest BCUT2D eigenvalue weighted by Crippen LogP contribution is -2.23. The fraction of sp³-hybridized carbons (Fsp3) is 0.529. The molecule has 1 N–H and O–H groups in total. The first-order valence-corrected chi connectivity index (χ1v) is 7.56. The zero-order valence-electron chi connectivity index (χ0n) is 12.8. The van der Waals surface area contributed by atoms with Crippen LogP contribution in [0.1, 0.15) is 46.5 Å². The van der Waals surface area contributed by atoms with Gasteiger partial charge in [-0.15, -0.1) is 0 Å². The van der Waals surface area contributed by atoms with Gasteiger partial charge in [0.1, 0.15) is 0 Å². The summed E-state index contributed by atoms with van der Waals surface area (Å²) in [6.45, 7) is 7.76. The first-order valence-electron chi connectivity index (χ1n) is 7.56. The van der Waals surface area contributed by atoms with Crippen molar-refractivity contribution in [3.63, 3.8) is 0 Å². The molecule has 3 nitrogen and oxygen atoms in total. The fourth-order valence-electron chi connectivity index (χ4n) is 2.32. The molecule has 20 heavy (non-hydrogen) atoms. The summed E-state index contributed by atoms with van der Waals surface area (Å²) >= 11 is 0. The van der Waals surface area contributed by atoms with Crippen LogP contribution in [0.5, 0.6) is 0 Å². The largest absolute Gasteiger partial charge is 0.354 e. The molecule has 1 aromatic carbocycles. The summed E-state index contributed by atoms with van der Waals surface area (Å²) in [7, 11) is 0. The van der Waals surface area contributed by atoms with Crippen molar-refractivity contribution < 1.29 is 0 Å². The molecule has 2 rings (SSSR count). The van der Waals surface area contributed by atoms with Gasteiger partial charge in [-0.25, -0.2) is 9.97 Å². The van der Waals surface area contributed by atoms with Crippen molar-refractivity contribution in [2.45, 2.75) is 46.5 Å². The second kappa shape index (κ2) is 6.69. The second-order valence-corrected chi connectivity index (χ2v) is 6.23. The summed E-state index contributed by atoms with van der Waals surface area (Å²) in [5.41, 5.74) is 1.28. The van der Waals surface area contributed by atoms with Crippen LogP contribution in [-0.4, -0.2) is 16.5 Å². The van der Waals surface area contributed by atoms with E-state index in [-0.39, 0.29) is 5.41 Å². The number of rotatable bonds is 7. The molecule has 0 aliphatic carbocycles. The predicted octanol–water partition coefficient (Wildman–Crippen LogP) is 4.65. The van der Waals surface area contributed by atoms with Crippen molar-refractivity contribution in [3.8, 4) is 0 Å². The van der Waals surface area contributed by atoms with E-state index in [1.54, 1.807) is 0 Å². The molecule has 3 heteroatoms. The van der Waals surface area contributed by atoms with Crippen LogP contribution in [0.3, 0.4) is 0 Å². The summed E-state index contributed by atoms with van der Waals surface area (Å²) in [4.78, 5) is 8.94. The second-order valence-electron chi connectivity index (χ2n) is 6.23. The molecule has 0 radical (unpaired) electrons. The maximum absolute atomic E-state index is 4.55. The van der Waals surface area contributed by atoms with Crippen molar-refractivity contribution in [1.29, 1.82) is 0 Å². The number of hydrogen-bond acceptors (Lipinski definition) is 3. The zero-order chi connectivity index (χ0) is 14.4.